The number of hydrogen-bond acceptors (Lipinski definition) is 7. The number of methoxy groups -OCH3 is 2. The van der Waals surface area contributed by atoms with Crippen LogP contribution in [0.15, 0.2) is 59.0 Å². The molecule has 156 valence electrons. The predicted molar refractivity (Wildman–Crippen MR) is 107 cm³/mol. The van der Waals surface area contributed by atoms with E-state index in [1.54, 1.807) is 6.07 Å². The van der Waals surface area contributed by atoms with E-state index in [1.807, 2.05) is 42.5 Å². The number of fused-ring (bicyclic) bond motifs is 1. The van der Waals surface area contributed by atoms with Gasteiger partial charge in [-0.15, -0.1) is 0 Å². The molecule has 0 aliphatic carbocycles. The Balaban J connectivity index is 1.67. The summed E-state index contributed by atoms with van der Waals surface area (Å²) in [6, 6.07) is 16.7. The molecule has 0 bridgehead atoms. The maximum Gasteiger partial charge on any atom is 0.325 e. The highest BCUT2D eigenvalue weighted by Gasteiger charge is 2.25. The minimum absolute atomic E-state index is 0.0279. The lowest BCUT2D eigenvalue weighted by atomic mass is 10.1. The number of hydrogen-bond donors (Lipinski definition) is 0. The summed E-state index contributed by atoms with van der Waals surface area (Å²) in [4.78, 5) is 36.8. The van der Waals surface area contributed by atoms with Gasteiger partial charge in [0.1, 0.15) is 31.2 Å². The largest absolute Gasteiger partial charge is 0.486 e. The minimum atomic E-state index is -0.668. The SMILES string of the molecule is COC(=O)CN(CC(=O)OC)C(=O)c1ccc(COc2ccc3ccccc3c2)o1. The van der Waals surface area contributed by atoms with E-state index in [-0.39, 0.29) is 12.4 Å². The smallest absolute Gasteiger partial charge is 0.325 e. The second-order valence-electron chi connectivity index (χ2n) is 6.38. The van der Waals surface area contributed by atoms with Crippen LogP contribution in [0.2, 0.25) is 0 Å². The number of carbonyl (C=O) groups excluding carboxylic acids is 3. The molecule has 1 aromatic heterocycles. The van der Waals surface area contributed by atoms with Gasteiger partial charge in [-0.3, -0.25) is 14.4 Å². The molecule has 0 N–H and O–H groups in total. The van der Waals surface area contributed by atoms with Gasteiger partial charge < -0.3 is 23.5 Å². The molecule has 0 unspecified atom stereocenters. The third-order valence-corrected chi connectivity index (χ3v) is 4.36. The molecule has 0 saturated carbocycles. The molecule has 0 radical (unpaired) electrons. The molecule has 1 heterocycles. The van der Waals surface area contributed by atoms with Crippen molar-refractivity contribution in [3.63, 3.8) is 0 Å². The Morgan fingerprint density at radius 2 is 1.53 bits per heavy atom. The van der Waals surface area contributed by atoms with Gasteiger partial charge in [0.2, 0.25) is 0 Å². The fraction of sp³-hybridized carbons (Fsp3) is 0.227. The highest BCUT2D eigenvalue weighted by molar-refractivity contribution is 5.95. The molecule has 0 saturated heterocycles. The fourth-order valence-corrected chi connectivity index (χ4v) is 2.78. The van der Waals surface area contributed by atoms with Crippen molar-refractivity contribution in [1.29, 1.82) is 0 Å². The highest BCUT2D eigenvalue weighted by atomic mass is 16.5. The second kappa shape index (κ2) is 9.60. The van der Waals surface area contributed by atoms with Crippen molar-refractivity contribution in [2.24, 2.45) is 0 Å². The topological polar surface area (TPSA) is 95.3 Å². The van der Waals surface area contributed by atoms with Crippen molar-refractivity contribution in [3.05, 3.63) is 66.1 Å². The molecular formula is C22H21NO7. The molecule has 3 aromatic rings. The van der Waals surface area contributed by atoms with E-state index in [4.69, 9.17) is 9.15 Å². The Bertz CT molecular complexity index is 1040. The number of esters is 2. The van der Waals surface area contributed by atoms with Crippen LogP contribution in [0.3, 0.4) is 0 Å². The second-order valence-corrected chi connectivity index (χ2v) is 6.38. The van der Waals surface area contributed by atoms with E-state index in [9.17, 15) is 14.4 Å². The third-order valence-electron chi connectivity index (χ3n) is 4.36. The molecule has 1 amide bonds. The first kappa shape index (κ1) is 20.9. The lowest BCUT2D eigenvalue weighted by Crippen LogP contribution is -2.40. The molecule has 2 aromatic carbocycles. The number of benzene rings is 2. The summed E-state index contributed by atoms with van der Waals surface area (Å²) in [5.74, 6) is -0.918. The summed E-state index contributed by atoms with van der Waals surface area (Å²) >= 11 is 0. The van der Waals surface area contributed by atoms with Crippen LogP contribution in [-0.4, -0.2) is 50.1 Å². The van der Waals surface area contributed by atoms with Gasteiger partial charge in [-0.05, 0) is 35.0 Å². The van der Waals surface area contributed by atoms with Gasteiger partial charge in [0.15, 0.2) is 5.76 Å². The molecule has 8 heteroatoms. The van der Waals surface area contributed by atoms with Gasteiger partial charge in [-0.2, -0.15) is 0 Å². The summed E-state index contributed by atoms with van der Waals surface area (Å²) in [5, 5.41) is 2.15. The Labute approximate surface area is 172 Å². The van der Waals surface area contributed by atoms with Gasteiger partial charge in [0.05, 0.1) is 14.2 Å². The number of rotatable bonds is 8. The summed E-state index contributed by atoms with van der Waals surface area (Å²) < 4.78 is 20.4. The molecule has 30 heavy (non-hydrogen) atoms. The number of furan rings is 1. The molecular weight excluding hydrogens is 390 g/mol. The normalized spacial score (nSPS) is 10.5. The van der Waals surface area contributed by atoms with Crippen LogP contribution in [0.1, 0.15) is 16.3 Å². The maximum absolute atomic E-state index is 12.7. The van der Waals surface area contributed by atoms with E-state index in [0.717, 1.165) is 15.7 Å². The van der Waals surface area contributed by atoms with Crippen LogP contribution in [0.25, 0.3) is 10.8 Å². The fourth-order valence-electron chi connectivity index (χ4n) is 2.78. The minimum Gasteiger partial charge on any atom is -0.486 e. The van der Waals surface area contributed by atoms with Crippen LogP contribution in [0, 0.1) is 0 Å². The molecule has 3 rings (SSSR count). The van der Waals surface area contributed by atoms with E-state index in [2.05, 4.69) is 9.47 Å². The van der Waals surface area contributed by atoms with E-state index < -0.39 is 30.9 Å². The molecule has 0 atom stereocenters. The van der Waals surface area contributed by atoms with Gasteiger partial charge >= 0.3 is 11.9 Å². The van der Waals surface area contributed by atoms with Crippen LogP contribution in [0.4, 0.5) is 0 Å². The van der Waals surface area contributed by atoms with Gasteiger partial charge in [0, 0.05) is 0 Å². The molecule has 8 nitrogen and oxygen atoms in total. The molecule has 0 spiro atoms. The average molecular weight is 411 g/mol. The summed E-state index contributed by atoms with van der Waals surface area (Å²) in [5.41, 5.74) is 0. The lowest BCUT2D eigenvalue weighted by molar-refractivity contribution is -0.144. The number of nitrogens with zero attached hydrogens (tertiary/aromatic N) is 1. The molecule has 0 aliphatic heterocycles. The molecule has 0 aliphatic rings. The Morgan fingerprint density at radius 3 is 2.20 bits per heavy atom. The average Bonchev–Trinajstić information content (AvgIpc) is 3.25. The summed E-state index contributed by atoms with van der Waals surface area (Å²) in [7, 11) is 2.39. The van der Waals surface area contributed by atoms with Gasteiger partial charge in [0.25, 0.3) is 5.91 Å². The number of amides is 1. The van der Waals surface area contributed by atoms with Gasteiger partial charge in [-0.1, -0.05) is 30.3 Å². The standard InChI is InChI=1S/C22H21NO7/c1-27-20(24)12-23(13-21(25)28-2)22(26)19-10-9-18(30-19)14-29-17-8-7-15-5-3-4-6-16(15)11-17/h3-11H,12-14H2,1-2H3. The zero-order valence-electron chi connectivity index (χ0n) is 16.6. The lowest BCUT2D eigenvalue weighted by Gasteiger charge is -2.18. The van der Waals surface area contributed by atoms with Crippen molar-refractivity contribution in [3.8, 4) is 5.75 Å². The van der Waals surface area contributed by atoms with Crippen molar-refractivity contribution < 1.29 is 33.0 Å². The van der Waals surface area contributed by atoms with Crippen LogP contribution >= 0.6 is 0 Å². The third kappa shape index (κ3) is 5.16. The Hall–Kier alpha value is -3.81. The first-order chi connectivity index (χ1) is 14.5. The van der Waals surface area contributed by atoms with Crippen molar-refractivity contribution >= 4 is 28.6 Å². The van der Waals surface area contributed by atoms with Crippen molar-refractivity contribution in [1.82, 2.24) is 4.90 Å². The Morgan fingerprint density at radius 1 is 0.867 bits per heavy atom. The highest BCUT2D eigenvalue weighted by Crippen LogP contribution is 2.22. The quantitative estimate of drug-likeness (QED) is 0.526. The predicted octanol–water partition coefficient (Wildman–Crippen LogP) is 2.80. The van der Waals surface area contributed by atoms with Crippen molar-refractivity contribution in [2.75, 3.05) is 27.3 Å². The maximum atomic E-state index is 12.7. The Kier molecular flexibility index (Phi) is 6.69. The van der Waals surface area contributed by atoms with Gasteiger partial charge in [-0.25, -0.2) is 0 Å². The number of carbonyl (C=O) groups is 3. The first-order valence-electron chi connectivity index (χ1n) is 9.13. The zero-order valence-corrected chi connectivity index (χ0v) is 16.6. The van der Waals surface area contributed by atoms with E-state index in [1.165, 1.54) is 20.3 Å². The van der Waals surface area contributed by atoms with Crippen LogP contribution < -0.4 is 4.74 Å². The first-order valence-corrected chi connectivity index (χ1v) is 9.13. The zero-order chi connectivity index (χ0) is 21.5. The van der Waals surface area contributed by atoms with Crippen LogP contribution in [-0.2, 0) is 25.7 Å². The van der Waals surface area contributed by atoms with E-state index >= 15 is 0 Å². The van der Waals surface area contributed by atoms with Crippen molar-refractivity contribution in [2.45, 2.75) is 6.61 Å². The summed E-state index contributed by atoms with van der Waals surface area (Å²) in [6.45, 7) is -0.707. The van der Waals surface area contributed by atoms with E-state index in [0.29, 0.717) is 11.5 Å². The molecule has 0 fully saturated rings. The summed E-state index contributed by atoms with van der Waals surface area (Å²) in [6.07, 6.45) is 0. The number of ether oxygens (including phenoxy) is 3. The van der Waals surface area contributed by atoms with Crippen LogP contribution in [0.5, 0.6) is 5.75 Å². The monoisotopic (exact) mass is 411 g/mol.